The standard InChI is InChI=1S/C25H22Cl2N6O2/c26-17-3-1-16(2-4-17)20-9-10-21-23(29-20)24(31-25(28)30-21)33-13-11-32(12-14-33)22(34)15-35-19-7-5-18(27)6-8-19/h1-10H,11-15H2,(H2,28,30,31). The third kappa shape index (κ3) is 5.23. The highest BCUT2D eigenvalue weighted by molar-refractivity contribution is 6.30. The third-order valence-electron chi connectivity index (χ3n) is 5.79. The number of benzene rings is 2. The fourth-order valence-corrected chi connectivity index (χ4v) is 4.21. The Kier molecular flexibility index (Phi) is 6.57. The van der Waals surface area contributed by atoms with Gasteiger partial charge in [-0.15, -0.1) is 0 Å². The average Bonchev–Trinajstić information content (AvgIpc) is 2.88. The van der Waals surface area contributed by atoms with Crippen molar-refractivity contribution < 1.29 is 9.53 Å². The molecule has 2 aromatic carbocycles. The van der Waals surface area contributed by atoms with Crippen molar-refractivity contribution in [2.24, 2.45) is 0 Å². The second kappa shape index (κ2) is 9.93. The van der Waals surface area contributed by atoms with Gasteiger partial charge in [0.2, 0.25) is 5.95 Å². The first kappa shape index (κ1) is 23.1. The molecule has 0 unspecified atom stereocenters. The van der Waals surface area contributed by atoms with E-state index >= 15 is 0 Å². The van der Waals surface area contributed by atoms with Gasteiger partial charge in [0.15, 0.2) is 12.4 Å². The van der Waals surface area contributed by atoms with Crippen molar-refractivity contribution in [2.75, 3.05) is 43.4 Å². The van der Waals surface area contributed by atoms with Crippen molar-refractivity contribution in [1.82, 2.24) is 19.9 Å². The van der Waals surface area contributed by atoms with E-state index < -0.39 is 0 Å². The summed E-state index contributed by atoms with van der Waals surface area (Å²) >= 11 is 11.9. The first-order chi connectivity index (χ1) is 17.0. The fourth-order valence-electron chi connectivity index (χ4n) is 3.95. The Hall–Kier alpha value is -3.62. The second-order valence-corrected chi connectivity index (χ2v) is 8.96. The molecule has 0 spiro atoms. The van der Waals surface area contributed by atoms with Crippen LogP contribution in [0.5, 0.6) is 5.75 Å². The first-order valence-corrected chi connectivity index (χ1v) is 11.8. The average molecular weight is 509 g/mol. The van der Waals surface area contributed by atoms with Gasteiger partial charge in [-0.05, 0) is 48.5 Å². The van der Waals surface area contributed by atoms with E-state index in [1.54, 1.807) is 29.2 Å². The topological polar surface area (TPSA) is 97.5 Å². The molecule has 10 heteroatoms. The Morgan fingerprint density at radius 1 is 0.857 bits per heavy atom. The second-order valence-electron chi connectivity index (χ2n) is 8.09. The molecular formula is C25H22Cl2N6O2. The molecule has 1 aliphatic heterocycles. The number of carbonyl (C=O) groups is 1. The summed E-state index contributed by atoms with van der Waals surface area (Å²) in [4.78, 5) is 30.2. The van der Waals surface area contributed by atoms with Crippen molar-refractivity contribution in [2.45, 2.75) is 0 Å². The number of rotatable bonds is 5. The van der Waals surface area contributed by atoms with Crippen LogP contribution in [0.4, 0.5) is 11.8 Å². The molecular weight excluding hydrogens is 487 g/mol. The monoisotopic (exact) mass is 508 g/mol. The lowest BCUT2D eigenvalue weighted by Gasteiger charge is -2.35. The Balaban J connectivity index is 1.30. The van der Waals surface area contributed by atoms with Crippen LogP contribution in [0.3, 0.4) is 0 Å². The predicted octanol–water partition coefficient (Wildman–Crippen LogP) is 4.31. The number of nitrogen functional groups attached to an aromatic ring is 1. The van der Waals surface area contributed by atoms with Crippen LogP contribution in [0, 0.1) is 0 Å². The number of hydrogen-bond acceptors (Lipinski definition) is 7. The Morgan fingerprint density at radius 2 is 1.51 bits per heavy atom. The summed E-state index contributed by atoms with van der Waals surface area (Å²) in [5.74, 6) is 1.37. The molecule has 0 bridgehead atoms. The molecule has 0 atom stereocenters. The zero-order valence-corrected chi connectivity index (χ0v) is 20.2. The molecule has 35 heavy (non-hydrogen) atoms. The van der Waals surface area contributed by atoms with Crippen molar-refractivity contribution in [1.29, 1.82) is 0 Å². The van der Waals surface area contributed by atoms with Gasteiger partial charge in [-0.2, -0.15) is 4.98 Å². The summed E-state index contributed by atoms with van der Waals surface area (Å²) in [6.45, 7) is 2.21. The van der Waals surface area contributed by atoms with E-state index in [9.17, 15) is 4.79 Å². The summed E-state index contributed by atoms with van der Waals surface area (Å²) in [5.41, 5.74) is 9.06. The van der Waals surface area contributed by atoms with Gasteiger partial charge in [0.1, 0.15) is 11.3 Å². The number of pyridine rings is 1. The van der Waals surface area contributed by atoms with E-state index in [1.165, 1.54) is 0 Å². The minimum absolute atomic E-state index is 0.0307. The van der Waals surface area contributed by atoms with Gasteiger partial charge in [-0.1, -0.05) is 35.3 Å². The number of piperazine rings is 1. The summed E-state index contributed by atoms with van der Waals surface area (Å²) < 4.78 is 5.60. The number of hydrogen-bond donors (Lipinski definition) is 1. The van der Waals surface area contributed by atoms with Crippen LogP contribution in [0.25, 0.3) is 22.3 Å². The summed E-state index contributed by atoms with van der Waals surface area (Å²) in [6, 6.07) is 18.2. The summed E-state index contributed by atoms with van der Waals surface area (Å²) in [5, 5.41) is 1.28. The molecule has 2 aromatic heterocycles. The van der Waals surface area contributed by atoms with E-state index in [2.05, 4.69) is 14.9 Å². The Morgan fingerprint density at radius 3 is 2.20 bits per heavy atom. The SMILES string of the molecule is Nc1nc(N2CCN(C(=O)COc3ccc(Cl)cc3)CC2)c2nc(-c3ccc(Cl)cc3)ccc2n1. The lowest BCUT2D eigenvalue weighted by atomic mass is 10.1. The number of nitrogens with zero attached hydrogens (tertiary/aromatic N) is 5. The van der Waals surface area contributed by atoms with Crippen LogP contribution >= 0.6 is 23.2 Å². The van der Waals surface area contributed by atoms with Crippen molar-refractivity contribution >= 4 is 51.9 Å². The fraction of sp³-hybridized carbons (Fsp3) is 0.200. The molecule has 1 aliphatic rings. The van der Waals surface area contributed by atoms with Crippen LogP contribution < -0.4 is 15.4 Å². The molecule has 0 radical (unpaired) electrons. The number of carbonyl (C=O) groups excluding carboxylic acids is 1. The van der Waals surface area contributed by atoms with Crippen molar-refractivity contribution in [3.05, 3.63) is 70.7 Å². The van der Waals surface area contributed by atoms with Gasteiger partial charge in [0.25, 0.3) is 5.91 Å². The number of amides is 1. The molecule has 8 nitrogen and oxygen atoms in total. The molecule has 2 N–H and O–H groups in total. The summed E-state index contributed by atoms with van der Waals surface area (Å²) in [7, 11) is 0. The number of anilines is 2. The molecule has 5 rings (SSSR count). The van der Waals surface area contributed by atoms with E-state index in [4.69, 9.17) is 38.7 Å². The van der Waals surface area contributed by atoms with E-state index in [0.29, 0.717) is 58.8 Å². The van der Waals surface area contributed by atoms with Crippen LogP contribution in [-0.4, -0.2) is 58.5 Å². The van der Waals surface area contributed by atoms with Crippen molar-refractivity contribution in [3.8, 4) is 17.0 Å². The molecule has 1 amide bonds. The highest BCUT2D eigenvalue weighted by Crippen LogP contribution is 2.28. The molecule has 1 fully saturated rings. The maximum atomic E-state index is 12.7. The largest absolute Gasteiger partial charge is 0.484 e. The Labute approximate surface area is 212 Å². The molecule has 178 valence electrons. The van der Waals surface area contributed by atoms with Gasteiger partial charge < -0.3 is 20.3 Å². The normalized spacial score (nSPS) is 13.8. The highest BCUT2D eigenvalue weighted by atomic mass is 35.5. The van der Waals surface area contributed by atoms with Crippen LogP contribution in [0.15, 0.2) is 60.7 Å². The lowest BCUT2D eigenvalue weighted by Crippen LogP contribution is -2.50. The Bertz CT molecular complexity index is 1360. The van der Waals surface area contributed by atoms with Crippen LogP contribution in [0.2, 0.25) is 10.0 Å². The maximum absolute atomic E-state index is 12.7. The number of halogens is 2. The number of ether oxygens (including phenoxy) is 1. The van der Waals surface area contributed by atoms with E-state index in [0.717, 1.165) is 11.3 Å². The van der Waals surface area contributed by atoms with Crippen LogP contribution in [0.1, 0.15) is 0 Å². The molecule has 3 heterocycles. The van der Waals surface area contributed by atoms with E-state index in [1.807, 2.05) is 36.4 Å². The van der Waals surface area contributed by atoms with Gasteiger partial charge in [-0.25, -0.2) is 9.97 Å². The molecule has 1 saturated heterocycles. The van der Waals surface area contributed by atoms with Gasteiger partial charge in [0.05, 0.1) is 11.2 Å². The minimum Gasteiger partial charge on any atom is -0.484 e. The number of aromatic nitrogens is 3. The number of fused-ring (bicyclic) bond motifs is 1. The van der Waals surface area contributed by atoms with Gasteiger partial charge in [0, 0.05) is 41.8 Å². The third-order valence-corrected chi connectivity index (χ3v) is 6.29. The van der Waals surface area contributed by atoms with E-state index in [-0.39, 0.29) is 18.5 Å². The van der Waals surface area contributed by atoms with Gasteiger partial charge in [-0.3, -0.25) is 4.79 Å². The molecule has 0 saturated carbocycles. The van der Waals surface area contributed by atoms with Crippen LogP contribution in [-0.2, 0) is 4.79 Å². The zero-order chi connectivity index (χ0) is 24.4. The summed E-state index contributed by atoms with van der Waals surface area (Å²) in [6.07, 6.45) is 0. The molecule has 0 aliphatic carbocycles. The van der Waals surface area contributed by atoms with Crippen molar-refractivity contribution in [3.63, 3.8) is 0 Å². The number of nitrogens with two attached hydrogens (primary N) is 1. The smallest absolute Gasteiger partial charge is 0.260 e. The zero-order valence-electron chi connectivity index (χ0n) is 18.7. The highest BCUT2D eigenvalue weighted by Gasteiger charge is 2.24. The van der Waals surface area contributed by atoms with Gasteiger partial charge >= 0.3 is 0 Å². The predicted molar refractivity (Wildman–Crippen MR) is 138 cm³/mol. The first-order valence-electron chi connectivity index (χ1n) is 11.1. The minimum atomic E-state index is -0.0743. The maximum Gasteiger partial charge on any atom is 0.260 e. The molecule has 4 aromatic rings. The quantitative estimate of drug-likeness (QED) is 0.428. The lowest BCUT2D eigenvalue weighted by molar-refractivity contribution is -0.133.